The molecule has 118 valence electrons. The molecule has 1 N–H and O–H groups in total. The molecular formula is C17H22N2O2S. The number of thiazole rings is 1. The number of para-hydroxylation sites is 1. The van der Waals surface area contributed by atoms with Crippen molar-refractivity contribution in [3.8, 4) is 0 Å². The summed E-state index contributed by atoms with van der Waals surface area (Å²) in [6.07, 6.45) is 4.42. The molecule has 1 unspecified atom stereocenters. The Kier molecular flexibility index (Phi) is 5.05. The number of carbonyl (C=O) groups is 1. The van der Waals surface area contributed by atoms with Crippen LogP contribution >= 0.6 is 11.3 Å². The van der Waals surface area contributed by atoms with Crippen molar-refractivity contribution in [3.63, 3.8) is 0 Å². The molecular weight excluding hydrogens is 296 g/mol. The minimum absolute atomic E-state index is 0.196. The molecule has 4 nitrogen and oxygen atoms in total. The molecule has 22 heavy (non-hydrogen) atoms. The van der Waals surface area contributed by atoms with E-state index in [0.29, 0.717) is 6.42 Å². The van der Waals surface area contributed by atoms with Gasteiger partial charge in [-0.1, -0.05) is 12.1 Å². The van der Waals surface area contributed by atoms with Crippen LogP contribution in [-0.2, 0) is 11.2 Å². The van der Waals surface area contributed by atoms with Gasteiger partial charge in [0.1, 0.15) is 0 Å². The number of fused-ring (bicyclic) bond motifs is 1. The summed E-state index contributed by atoms with van der Waals surface area (Å²) in [5.41, 5.74) is 1.07. The number of hydrogen-bond acceptors (Lipinski definition) is 4. The Bertz CT molecular complexity index is 607. The Morgan fingerprint density at radius 3 is 3.00 bits per heavy atom. The number of unbranched alkanes of at least 4 members (excludes halogenated alkanes) is 1. The van der Waals surface area contributed by atoms with E-state index >= 15 is 0 Å². The highest BCUT2D eigenvalue weighted by atomic mass is 32.1. The van der Waals surface area contributed by atoms with Gasteiger partial charge in [-0.3, -0.25) is 4.79 Å². The predicted molar refractivity (Wildman–Crippen MR) is 88.9 cm³/mol. The zero-order valence-corrected chi connectivity index (χ0v) is 13.5. The minimum atomic E-state index is 0.196. The number of aliphatic hydroxyl groups is 1. The second kappa shape index (κ2) is 7.20. The Morgan fingerprint density at radius 2 is 2.23 bits per heavy atom. The molecule has 0 bridgehead atoms. The van der Waals surface area contributed by atoms with E-state index in [1.807, 2.05) is 23.1 Å². The molecule has 1 fully saturated rings. The molecule has 1 saturated heterocycles. The lowest BCUT2D eigenvalue weighted by Crippen LogP contribution is -2.28. The van der Waals surface area contributed by atoms with Crippen LogP contribution in [0.2, 0.25) is 0 Å². The highest BCUT2D eigenvalue weighted by Crippen LogP contribution is 2.23. The van der Waals surface area contributed by atoms with E-state index in [2.05, 4.69) is 11.1 Å². The Labute approximate surface area is 134 Å². The van der Waals surface area contributed by atoms with Gasteiger partial charge in [-0.25, -0.2) is 4.98 Å². The van der Waals surface area contributed by atoms with Gasteiger partial charge in [0.05, 0.1) is 15.2 Å². The third kappa shape index (κ3) is 3.65. The van der Waals surface area contributed by atoms with Gasteiger partial charge < -0.3 is 10.0 Å². The fraction of sp³-hybridized carbons (Fsp3) is 0.529. The Hall–Kier alpha value is -1.46. The average molecular weight is 318 g/mol. The fourth-order valence-electron chi connectivity index (χ4n) is 2.95. The van der Waals surface area contributed by atoms with Crippen molar-refractivity contribution in [2.24, 2.45) is 5.92 Å². The number of hydrogen-bond donors (Lipinski definition) is 1. The molecule has 1 atom stereocenters. The standard InChI is InChI=1S/C17H22N2O2S/c20-12-13-9-10-19(11-13)17(21)8-4-3-7-16-18-14-5-1-2-6-15(14)22-16/h1-2,5-6,13,20H,3-4,7-12H2. The second-order valence-corrected chi connectivity index (χ2v) is 7.07. The maximum atomic E-state index is 12.1. The molecule has 1 aliphatic rings. The largest absolute Gasteiger partial charge is 0.396 e. The van der Waals surface area contributed by atoms with Crippen molar-refractivity contribution in [3.05, 3.63) is 29.3 Å². The topological polar surface area (TPSA) is 53.4 Å². The predicted octanol–water partition coefficient (Wildman–Crippen LogP) is 2.85. The number of amides is 1. The number of benzene rings is 1. The van der Waals surface area contributed by atoms with E-state index in [9.17, 15) is 4.79 Å². The van der Waals surface area contributed by atoms with Crippen LogP contribution in [0.1, 0.15) is 30.7 Å². The first kappa shape index (κ1) is 15.4. The zero-order valence-electron chi connectivity index (χ0n) is 12.7. The van der Waals surface area contributed by atoms with Gasteiger partial charge in [0.15, 0.2) is 0 Å². The van der Waals surface area contributed by atoms with Gasteiger partial charge in [0, 0.05) is 32.0 Å². The van der Waals surface area contributed by atoms with Crippen molar-refractivity contribution < 1.29 is 9.90 Å². The summed E-state index contributed by atoms with van der Waals surface area (Å²) in [5.74, 6) is 0.520. The SMILES string of the molecule is O=C(CCCCc1nc2ccccc2s1)N1CCC(CO)C1. The van der Waals surface area contributed by atoms with Crippen LogP contribution < -0.4 is 0 Å². The average Bonchev–Trinajstić information content (AvgIpc) is 3.17. The van der Waals surface area contributed by atoms with Crippen molar-refractivity contribution >= 4 is 27.5 Å². The fourth-order valence-corrected chi connectivity index (χ4v) is 3.95. The summed E-state index contributed by atoms with van der Waals surface area (Å²) in [7, 11) is 0. The first-order chi connectivity index (χ1) is 10.8. The number of carbonyl (C=O) groups excluding carboxylic acids is 1. The van der Waals surface area contributed by atoms with Crippen LogP contribution in [-0.4, -0.2) is 40.6 Å². The number of likely N-dealkylation sites (tertiary alicyclic amines) is 1. The first-order valence-corrected chi connectivity index (χ1v) is 8.81. The molecule has 1 aromatic carbocycles. The third-order valence-electron chi connectivity index (χ3n) is 4.27. The minimum Gasteiger partial charge on any atom is -0.396 e. The molecule has 2 heterocycles. The van der Waals surface area contributed by atoms with E-state index in [1.165, 1.54) is 4.70 Å². The lowest BCUT2D eigenvalue weighted by molar-refractivity contribution is -0.130. The summed E-state index contributed by atoms with van der Waals surface area (Å²) >= 11 is 1.75. The molecule has 2 aromatic rings. The number of aryl methyl sites for hydroxylation is 1. The van der Waals surface area contributed by atoms with Crippen molar-refractivity contribution in [1.82, 2.24) is 9.88 Å². The van der Waals surface area contributed by atoms with E-state index in [4.69, 9.17) is 5.11 Å². The maximum absolute atomic E-state index is 12.1. The van der Waals surface area contributed by atoms with E-state index in [0.717, 1.165) is 49.3 Å². The molecule has 1 aliphatic heterocycles. The molecule has 3 rings (SSSR count). The van der Waals surface area contributed by atoms with Crippen LogP contribution in [0.15, 0.2) is 24.3 Å². The molecule has 0 saturated carbocycles. The maximum Gasteiger partial charge on any atom is 0.222 e. The first-order valence-electron chi connectivity index (χ1n) is 7.99. The monoisotopic (exact) mass is 318 g/mol. The zero-order chi connectivity index (χ0) is 15.4. The number of rotatable bonds is 6. The summed E-state index contributed by atoms with van der Waals surface area (Å²) < 4.78 is 1.24. The lowest BCUT2D eigenvalue weighted by Gasteiger charge is -2.15. The number of aliphatic hydroxyl groups excluding tert-OH is 1. The van der Waals surface area contributed by atoms with Gasteiger partial charge >= 0.3 is 0 Å². The van der Waals surface area contributed by atoms with Crippen LogP contribution in [0.5, 0.6) is 0 Å². The van der Waals surface area contributed by atoms with Gasteiger partial charge in [-0.2, -0.15) is 0 Å². The molecule has 0 radical (unpaired) electrons. The number of aromatic nitrogens is 1. The van der Waals surface area contributed by atoms with Gasteiger partial charge in [-0.05, 0) is 37.8 Å². The van der Waals surface area contributed by atoms with Crippen LogP contribution in [0.3, 0.4) is 0 Å². The Balaban J connectivity index is 1.41. The van der Waals surface area contributed by atoms with Crippen LogP contribution in [0, 0.1) is 5.92 Å². The lowest BCUT2D eigenvalue weighted by atomic mass is 10.1. The van der Waals surface area contributed by atoms with Gasteiger partial charge in [0.25, 0.3) is 0 Å². The van der Waals surface area contributed by atoms with Gasteiger partial charge in [-0.15, -0.1) is 11.3 Å². The summed E-state index contributed by atoms with van der Waals surface area (Å²) in [6, 6.07) is 8.20. The highest BCUT2D eigenvalue weighted by molar-refractivity contribution is 7.18. The quantitative estimate of drug-likeness (QED) is 0.833. The third-order valence-corrected chi connectivity index (χ3v) is 5.36. The molecule has 1 amide bonds. The Morgan fingerprint density at radius 1 is 1.36 bits per heavy atom. The molecule has 0 aliphatic carbocycles. The van der Waals surface area contributed by atoms with Crippen molar-refractivity contribution in [2.45, 2.75) is 32.1 Å². The summed E-state index contributed by atoms with van der Waals surface area (Å²) in [4.78, 5) is 18.6. The summed E-state index contributed by atoms with van der Waals surface area (Å²) in [5, 5.41) is 10.3. The van der Waals surface area contributed by atoms with Gasteiger partial charge in [0.2, 0.25) is 5.91 Å². The highest BCUT2D eigenvalue weighted by Gasteiger charge is 2.24. The van der Waals surface area contributed by atoms with Crippen LogP contribution in [0.4, 0.5) is 0 Å². The summed E-state index contributed by atoms with van der Waals surface area (Å²) in [6.45, 7) is 1.73. The molecule has 0 spiro atoms. The van der Waals surface area contributed by atoms with E-state index in [-0.39, 0.29) is 18.4 Å². The van der Waals surface area contributed by atoms with Crippen molar-refractivity contribution in [1.29, 1.82) is 0 Å². The molecule has 1 aromatic heterocycles. The normalized spacial score (nSPS) is 18.2. The molecule has 5 heteroatoms. The second-order valence-electron chi connectivity index (χ2n) is 5.96. The van der Waals surface area contributed by atoms with E-state index < -0.39 is 0 Å². The number of nitrogens with zero attached hydrogens (tertiary/aromatic N) is 2. The van der Waals surface area contributed by atoms with E-state index in [1.54, 1.807) is 11.3 Å². The van der Waals surface area contributed by atoms with Crippen LogP contribution in [0.25, 0.3) is 10.2 Å². The smallest absolute Gasteiger partial charge is 0.222 e. The van der Waals surface area contributed by atoms with Crippen molar-refractivity contribution in [2.75, 3.05) is 19.7 Å².